The number of para-hydroxylation sites is 3. The standard InChI is InChI=1S/C55H36N4/c1-2-14-37(15-3-1)53-57-48-23-11-13-25-50(48)59(53)39-32-28-36(29-33-39)35-26-30-38(31-27-35)58-49-24-12-7-19-43(49)51-52-44(34-56-54(51)58)42-18-6-10-22-47(42)55(52)45-20-8-4-16-40(45)41-17-5-9-21-46(41)55/h1-17,19-34,42H,18H2. The summed E-state index contributed by atoms with van der Waals surface area (Å²) in [6, 6.07) is 63.7. The van der Waals surface area contributed by atoms with Gasteiger partial charge in [0.1, 0.15) is 11.5 Å². The molecule has 0 saturated carbocycles. The smallest absolute Gasteiger partial charge is 0.145 e. The number of rotatable bonds is 4. The Morgan fingerprint density at radius 1 is 0.542 bits per heavy atom. The molecule has 7 aromatic carbocycles. The Labute approximate surface area is 341 Å². The number of allylic oxidation sites excluding steroid dienone is 4. The molecule has 0 saturated heterocycles. The molecule has 0 bridgehead atoms. The van der Waals surface area contributed by atoms with E-state index in [9.17, 15) is 0 Å². The third-order valence-electron chi connectivity index (χ3n) is 13.2. The van der Waals surface area contributed by atoms with Crippen LogP contribution in [0.1, 0.15) is 34.6 Å². The van der Waals surface area contributed by atoms with Gasteiger partial charge in [-0.15, -0.1) is 0 Å². The van der Waals surface area contributed by atoms with Gasteiger partial charge in [0.25, 0.3) is 0 Å². The maximum absolute atomic E-state index is 5.39. The topological polar surface area (TPSA) is 35.6 Å². The Balaban J connectivity index is 0.957. The van der Waals surface area contributed by atoms with Crippen molar-refractivity contribution in [1.29, 1.82) is 0 Å². The lowest BCUT2D eigenvalue weighted by molar-refractivity contribution is 0.710. The van der Waals surface area contributed by atoms with Crippen LogP contribution in [0.25, 0.3) is 78.0 Å². The second-order valence-corrected chi connectivity index (χ2v) is 16.0. The van der Waals surface area contributed by atoms with Crippen LogP contribution in [0.3, 0.4) is 0 Å². The predicted octanol–water partition coefficient (Wildman–Crippen LogP) is 13.1. The van der Waals surface area contributed by atoms with E-state index >= 15 is 0 Å². The third-order valence-corrected chi connectivity index (χ3v) is 13.2. The molecule has 10 aromatic rings. The molecule has 3 heterocycles. The molecule has 1 atom stereocenters. The average molecular weight is 753 g/mol. The van der Waals surface area contributed by atoms with Gasteiger partial charge in [0, 0.05) is 39.8 Å². The van der Waals surface area contributed by atoms with Crippen LogP contribution in [0.4, 0.5) is 0 Å². The maximum Gasteiger partial charge on any atom is 0.145 e. The zero-order valence-corrected chi connectivity index (χ0v) is 32.1. The summed E-state index contributed by atoms with van der Waals surface area (Å²) in [5.41, 5.74) is 19.1. The molecule has 0 fully saturated rings. The summed E-state index contributed by atoms with van der Waals surface area (Å²) in [4.78, 5) is 10.4. The van der Waals surface area contributed by atoms with E-state index in [2.05, 4.69) is 203 Å². The molecule has 3 aromatic heterocycles. The largest absolute Gasteiger partial charge is 0.294 e. The number of pyridine rings is 1. The van der Waals surface area contributed by atoms with Crippen LogP contribution >= 0.6 is 0 Å². The quantitative estimate of drug-likeness (QED) is 0.179. The SMILES string of the molecule is C1=CCC2C(=C1)C1(c3ccccc3-c3ccccc31)c1c2cnc2c1c1ccccc1n2-c1ccc(-c2ccc(-n3c(-c4ccccc4)nc4ccccc43)cc2)cc1. The van der Waals surface area contributed by atoms with Crippen LogP contribution in [0.2, 0.25) is 0 Å². The molecular weight excluding hydrogens is 717 g/mol. The van der Waals surface area contributed by atoms with Crippen molar-refractivity contribution in [3.8, 4) is 45.0 Å². The number of fused-ring (bicyclic) bond motifs is 15. The molecule has 3 aliphatic carbocycles. The van der Waals surface area contributed by atoms with Crippen LogP contribution in [-0.2, 0) is 5.41 Å². The fourth-order valence-corrected chi connectivity index (χ4v) is 10.8. The fraction of sp³-hybridized carbons (Fsp3) is 0.0545. The third kappa shape index (κ3) is 4.38. The highest BCUT2D eigenvalue weighted by Gasteiger charge is 2.56. The first-order valence-corrected chi connectivity index (χ1v) is 20.5. The molecule has 1 spiro atoms. The van der Waals surface area contributed by atoms with Gasteiger partial charge in [0.2, 0.25) is 0 Å². The normalized spacial score (nSPS) is 15.7. The molecule has 276 valence electrons. The summed E-state index contributed by atoms with van der Waals surface area (Å²) in [6.45, 7) is 0. The number of imidazole rings is 1. The van der Waals surface area contributed by atoms with E-state index in [1.54, 1.807) is 0 Å². The first-order valence-electron chi connectivity index (χ1n) is 20.5. The average Bonchev–Trinajstić information content (AvgIpc) is 4.03. The second kappa shape index (κ2) is 12.2. The minimum absolute atomic E-state index is 0.274. The van der Waals surface area contributed by atoms with Crippen molar-refractivity contribution in [1.82, 2.24) is 19.1 Å². The van der Waals surface area contributed by atoms with Crippen molar-refractivity contribution >= 4 is 33.0 Å². The minimum Gasteiger partial charge on any atom is -0.294 e. The van der Waals surface area contributed by atoms with Crippen molar-refractivity contribution < 1.29 is 0 Å². The number of nitrogens with zero attached hydrogens (tertiary/aromatic N) is 4. The van der Waals surface area contributed by atoms with Crippen LogP contribution in [0.5, 0.6) is 0 Å². The van der Waals surface area contributed by atoms with Gasteiger partial charge in [-0.3, -0.25) is 9.13 Å². The van der Waals surface area contributed by atoms with E-state index in [4.69, 9.17) is 9.97 Å². The van der Waals surface area contributed by atoms with E-state index in [0.29, 0.717) is 0 Å². The summed E-state index contributed by atoms with van der Waals surface area (Å²) < 4.78 is 4.64. The van der Waals surface area contributed by atoms with Crippen molar-refractivity contribution in [3.05, 3.63) is 228 Å². The van der Waals surface area contributed by atoms with E-state index in [1.807, 2.05) is 6.07 Å². The van der Waals surface area contributed by atoms with Crippen LogP contribution in [0.15, 0.2) is 206 Å². The Kier molecular flexibility index (Phi) is 6.74. The van der Waals surface area contributed by atoms with Gasteiger partial charge < -0.3 is 0 Å². The Morgan fingerprint density at radius 3 is 1.88 bits per heavy atom. The Hall–Kier alpha value is -7.56. The Bertz CT molecular complexity index is 3350. The first-order chi connectivity index (χ1) is 29.3. The number of aromatic nitrogens is 4. The van der Waals surface area contributed by atoms with Crippen molar-refractivity contribution in [2.24, 2.45) is 0 Å². The number of benzene rings is 7. The molecule has 4 nitrogen and oxygen atoms in total. The monoisotopic (exact) mass is 752 g/mol. The number of hydrogen-bond acceptors (Lipinski definition) is 2. The minimum atomic E-state index is -0.394. The highest BCUT2D eigenvalue weighted by atomic mass is 15.1. The summed E-state index contributed by atoms with van der Waals surface area (Å²) in [7, 11) is 0. The van der Waals surface area contributed by atoms with E-state index in [-0.39, 0.29) is 5.92 Å². The lowest BCUT2D eigenvalue weighted by atomic mass is 9.68. The van der Waals surface area contributed by atoms with Gasteiger partial charge in [-0.2, -0.15) is 0 Å². The maximum atomic E-state index is 5.39. The van der Waals surface area contributed by atoms with Gasteiger partial charge in [-0.25, -0.2) is 9.97 Å². The molecule has 13 rings (SSSR count). The molecule has 1 unspecified atom stereocenters. The Morgan fingerprint density at radius 2 is 1.15 bits per heavy atom. The van der Waals surface area contributed by atoms with Crippen molar-refractivity contribution in [2.45, 2.75) is 17.8 Å². The van der Waals surface area contributed by atoms with E-state index < -0.39 is 5.41 Å². The fourth-order valence-electron chi connectivity index (χ4n) is 10.8. The second-order valence-electron chi connectivity index (χ2n) is 16.0. The highest BCUT2D eigenvalue weighted by Crippen LogP contribution is 2.66. The van der Waals surface area contributed by atoms with Crippen molar-refractivity contribution in [3.63, 3.8) is 0 Å². The lowest BCUT2D eigenvalue weighted by Crippen LogP contribution is -2.27. The first kappa shape index (κ1) is 32.5. The molecule has 0 N–H and O–H groups in total. The summed E-state index contributed by atoms with van der Waals surface area (Å²) in [5.74, 6) is 1.21. The van der Waals surface area contributed by atoms with Crippen LogP contribution in [0, 0.1) is 0 Å². The van der Waals surface area contributed by atoms with Crippen LogP contribution < -0.4 is 0 Å². The molecule has 0 aliphatic heterocycles. The van der Waals surface area contributed by atoms with Crippen LogP contribution in [-0.4, -0.2) is 19.1 Å². The summed E-state index contributed by atoms with van der Waals surface area (Å²) >= 11 is 0. The molecule has 0 radical (unpaired) electrons. The van der Waals surface area contributed by atoms with E-state index in [1.165, 1.54) is 55.2 Å². The zero-order chi connectivity index (χ0) is 38.7. The van der Waals surface area contributed by atoms with Gasteiger partial charge >= 0.3 is 0 Å². The molecular formula is C55H36N4. The van der Waals surface area contributed by atoms with Gasteiger partial charge in [-0.1, -0.05) is 152 Å². The molecule has 3 aliphatic rings. The zero-order valence-electron chi connectivity index (χ0n) is 32.1. The summed E-state index contributed by atoms with van der Waals surface area (Å²) in [5, 5.41) is 2.49. The number of hydrogen-bond donors (Lipinski definition) is 0. The summed E-state index contributed by atoms with van der Waals surface area (Å²) in [6.07, 6.45) is 10.2. The molecule has 59 heavy (non-hydrogen) atoms. The van der Waals surface area contributed by atoms with Gasteiger partial charge in [0.15, 0.2) is 0 Å². The van der Waals surface area contributed by atoms with Crippen molar-refractivity contribution in [2.75, 3.05) is 0 Å². The van der Waals surface area contributed by atoms with Gasteiger partial charge in [0.05, 0.1) is 22.0 Å². The molecule has 4 heteroatoms. The lowest BCUT2D eigenvalue weighted by Gasteiger charge is -2.33. The van der Waals surface area contributed by atoms with E-state index in [0.717, 1.165) is 57.0 Å². The van der Waals surface area contributed by atoms with Gasteiger partial charge in [-0.05, 0) is 99.0 Å². The predicted molar refractivity (Wildman–Crippen MR) is 240 cm³/mol. The highest BCUT2D eigenvalue weighted by molar-refractivity contribution is 6.12. The molecule has 0 amide bonds.